The monoisotopic (exact) mass is 298 g/mol. The first-order valence-corrected chi connectivity index (χ1v) is 8.33. The second-order valence-electron chi connectivity index (χ2n) is 6.59. The lowest BCUT2D eigenvalue weighted by atomic mass is 9.98. The van der Waals surface area contributed by atoms with Crippen LogP contribution in [0, 0.1) is 5.92 Å². The Kier molecular flexibility index (Phi) is 8.22. The number of piperidine rings is 1. The predicted molar refractivity (Wildman–Crippen MR) is 88.2 cm³/mol. The number of hydrogen-bond acceptors (Lipinski definition) is 4. The summed E-state index contributed by atoms with van der Waals surface area (Å²) in [6.07, 6.45) is 4.08. The van der Waals surface area contributed by atoms with Crippen molar-refractivity contribution < 1.29 is 4.79 Å². The molecule has 124 valence electrons. The third-order valence-corrected chi connectivity index (χ3v) is 4.47. The highest BCUT2D eigenvalue weighted by molar-refractivity contribution is 5.79. The van der Waals surface area contributed by atoms with Gasteiger partial charge < -0.3 is 20.4 Å². The van der Waals surface area contributed by atoms with Crippen molar-refractivity contribution in [2.24, 2.45) is 11.7 Å². The van der Waals surface area contributed by atoms with Gasteiger partial charge in [0.15, 0.2) is 0 Å². The first-order valence-electron chi connectivity index (χ1n) is 8.33. The fraction of sp³-hybridized carbons (Fsp3) is 0.938. The standard InChI is InChI=1S/C16H34N4O/c1-5-6-14(13-17)16(21)20(12-11-18(2)3)15-7-9-19(4)10-8-15/h14-15H,5-13,17H2,1-4H3. The number of likely N-dealkylation sites (tertiary alicyclic amines) is 1. The molecule has 0 aromatic rings. The minimum absolute atomic E-state index is 0.00295. The maximum absolute atomic E-state index is 12.9. The smallest absolute Gasteiger partial charge is 0.227 e. The quantitative estimate of drug-likeness (QED) is 0.722. The second kappa shape index (κ2) is 9.38. The Hall–Kier alpha value is -0.650. The summed E-state index contributed by atoms with van der Waals surface area (Å²) in [6, 6.07) is 0.388. The van der Waals surface area contributed by atoms with Gasteiger partial charge in [0.05, 0.1) is 5.92 Å². The van der Waals surface area contributed by atoms with Gasteiger partial charge in [-0.05, 0) is 53.5 Å². The Morgan fingerprint density at radius 3 is 2.38 bits per heavy atom. The Morgan fingerprint density at radius 1 is 1.29 bits per heavy atom. The van der Waals surface area contributed by atoms with Crippen molar-refractivity contribution in [2.75, 3.05) is 53.9 Å². The van der Waals surface area contributed by atoms with E-state index in [2.05, 4.69) is 42.8 Å². The summed E-state index contributed by atoms with van der Waals surface area (Å²) in [6.45, 7) is 6.49. The van der Waals surface area contributed by atoms with E-state index in [0.29, 0.717) is 12.6 Å². The molecule has 0 bridgehead atoms. The fourth-order valence-electron chi connectivity index (χ4n) is 3.01. The van der Waals surface area contributed by atoms with Gasteiger partial charge in [-0.1, -0.05) is 13.3 Å². The Bertz CT molecular complexity index is 301. The van der Waals surface area contributed by atoms with Gasteiger partial charge in [0.2, 0.25) is 5.91 Å². The van der Waals surface area contributed by atoms with Crippen LogP contribution in [0.25, 0.3) is 0 Å². The van der Waals surface area contributed by atoms with Gasteiger partial charge in [-0.3, -0.25) is 4.79 Å². The van der Waals surface area contributed by atoms with Gasteiger partial charge in [-0.25, -0.2) is 0 Å². The van der Waals surface area contributed by atoms with Crippen LogP contribution < -0.4 is 5.73 Å². The molecule has 21 heavy (non-hydrogen) atoms. The Labute approximate surface area is 130 Å². The van der Waals surface area contributed by atoms with Crippen molar-refractivity contribution in [3.63, 3.8) is 0 Å². The van der Waals surface area contributed by atoms with Crippen LogP contribution in [0.4, 0.5) is 0 Å². The maximum atomic E-state index is 12.9. The predicted octanol–water partition coefficient (Wildman–Crippen LogP) is 0.846. The zero-order valence-corrected chi connectivity index (χ0v) is 14.3. The van der Waals surface area contributed by atoms with Crippen LogP contribution in [0.3, 0.4) is 0 Å². The molecule has 0 spiro atoms. The molecule has 1 rings (SSSR count). The van der Waals surface area contributed by atoms with Crippen molar-refractivity contribution in [1.29, 1.82) is 0 Å². The molecule has 0 aromatic heterocycles. The first kappa shape index (κ1) is 18.4. The van der Waals surface area contributed by atoms with Crippen LogP contribution in [0.5, 0.6) is 0 Å². The van der Waals surface area contributed by atoms with E-state index in [0.717, 1.165) is 51.9 Å². The van der Waals surface area contributed by atoms with Gasteiger partial charge in [0.1, 0.15) is 0 Å². The molecule has 1 saturated heterocycles. The van der Waals surface area contributed by atoms with Crippen LogP contribution in [0.15, 0.2) is 0 Å². The molecular weight excluding hydrogens is 264 g/mol. The van der Waals surface area contributed by atoms with Crippen LogP contribution in [-0.4, -0.2) is 80.5 Å². The number of rotatable bonds is 8. The van der Waals surface area contributed by atoms with E-state index in [1.165, 1.54) is 0 Å². The average molecular weight is 298 g/mol. The van der Waals surface area contributed by atoms with Crippen LogP contribution in [0.2, 0.25) is 0 Å². The molecule has 1 heterocycles. The number of likely N-dealkylation sites (N-methyl/N-ethyl adjacent to an activating group) is 1. The van der Waals surface area contributed by atoms with Crippen molar-refractivity contribution in [3.05, 3.63) is 0 Å². The van der Waals surface area contributed by atoms with Gasteiger partial charge in [-0.15, -0.1) is 0 Å². The number of amides is 1. The summed E-state index contributed by atoms with van der Waals surface area (Å²) in [7, 11) is 6.27. The van der Waals surface area contributed by atoms with Crippen LogP contribution in [-0.2, 0) is 4.79 Å². The highest BCUT2D eigenvalue weighted by Gasteiger charge is 2.30. The summed E-state index contributed by atoms with van der Waals surface area (Å²) >= 11 is 0. The number of nitrogens with two attached hydrogens (primary N) is 1. The molecule has 1 atom stereocenters. The third kappa shape index (κ3) is 5.93. The molecule has 1 amide bonds. The van der Waals surface area contributed by atoms with E-state index >= 15 is 0 Å². The summed E-state index contributed by atoms with van der Waals surface area (Å²) in [5.74, 6) is 0.271. The molecule has 1 aliphatic rings. The zero-order chi connectivity index (χ0) is 15.8. The molecule has 0 radical (unpaired) electrons. The normalized spacial score (nSPS) is 19.0. The number of hydrogen-bond donors (Lipinski definition) is 1. The highest BCUT2D eigenvalue weighted by atomic mass is 16.2. The Morgan fingerprint density at radius 2 is 1.90 bits per heavy atom. The number of carbonyl (C=O) groups excluding carboxylic acids is 1. The summed E-state index contributed by atoms with van der Waals surface area (Å²) in [5.41, 5.74) is 5.84. The van der Waals surface area contributed by atoms with E-state index in [9.17, 15) is 4.79 Å². The molecule has 0 aliphatic carbocycles. The van der Waals surface area contributed by atoms with Crippen molar-refractivity contribution >= 4 is 5.91 Å². The van der Waals surface area contributed by atoms with Crippen molar-refractivity contribution in [3.8, 4) is 0 Å². The molecule has 0 saturated carbocycles. The van der Waals surface area contributed by atoms with Crippen molar-refractivity contribution in [2.45, 2.75) is 38.6 Å². The van der Waals surface area contributed by atoms with Gasteiger partial charge in [0, 0.05) is 25.7 Å². The van der Waals surface area contributed by atoms with E-state index < -0.39 is 0 Å². The van der Waals surface area contributed by atoms with Crippen LogP contribution in [0.1, 0.15) is 32.6 Å². The lowest BCUT2D eigenvalue weighted by molar-refractivity contribution is -0.139. The van der Waals surface area contributed by atoms with E-state index in [1.54, 1.807) is 0 Å². The Balaban J connectivity index is 2.72. The SMILES string of the molecule is CCCC(CN)C(=O)N(CCN(C)C)C1CCN(C)CC1. The van der Waals surface area contributed by atoms with E-state index in [4.69, 9.17) is 5.73 Å². The molecule has 5 nitrogen and oxygen atoms in total. The largest absolute Gasteiger partial charge is 0.338 e. The average Bonchev–Trinajstić information content (AvgIpc) is 2.46. The zero-order valence-electron chi connectivity index (χ0n) is 14.3. The maximum Gasteiger partial charge on any atom is 0.227 e. The lowest BCUT2D eigenvalue weighted by Gasteiger charge is -2.39. The number of nitrogens with zero attached hydrogens (tertiary/aromatic N) is 3. The lowest BCUT2D eigenvalue weighted by Crippen LogP contribution is -2.51. The molecule has 2 N–H and O–H groups in total. The first-order chi connectivity index (χ1) is 9.99. The molecule has 1 aliphatic heterocycles. The second-order valence-corrected chi connectivity index (χ2v) is 6.59. The van der Waals surface area contributed by atoms with Gasteiger partial charge in [-0.2, -0.15) is 0 Å². The van der Waals surface area contributed by atoms with Gasteiger partial charge >= 0.3 is 0 Å². The minimum Gasteiger partial charge on any atom is -0.338 e. The molecule has 1 unspecified atom stereocenters. The molecule has 1 fully saturated rings. The third-order valence-electron chi connectivity index (χ3n) is 4.47. The van der Waals surface area contributed by atoms with Crippen LogP contribution >= 0.6 is 0 Å². The fourth-order valence-corrected chi connectivity index (χ4v) is 3.01. The van der Waals surface area contributed by atoms with Gasteiger partial charge in [0.25, 0.3) is 0 Å². The summed E-state index contributed by atoms with van der Waals surface area (Å²) < 4.78 is 0. The molecule has 5 heteroatoms. The van der Waals surface area contributed by atoms with E-state index in [-0.39, 0.29) is 11.8 Å². The van der Waals surface area contributed by atoms with E-state index in [1.807, 2.05) is 0 Å². The summed E-state index contributed by atoms with van der Waals surface area (Å²) in [5, 5.41) is 0. The minimum atomic E-state index is -0.00295. The summed E-state index contributed by atoms with van der Waals surface area (Å²) in [4.78, 5) is 19.5. The molecular formula is C16H34N4O. The molecule has 0 aromatic carbocycles. The number of carbonyl (C=O) groups is 1. The van der Waals surface area contributed by atoms with Crippen molar-refractivity contribution in [1.82, 2.24) is 14.7 Å². The topological polar surface area (TPSA) is 52.8 Å². The highest BCUT2D eigenvalue weighted by Crippen LogP contribution is 2.19.